The molecule has 0 saturated carbocycles. The first-order chi connectivity index (χ1) is 14.5. The monoisotopic (exact) mass is 424 g/mol. The van der Waals surface area contributed by atoms with Gasteiger partial charge < -0.3 is 14.9 Å². The number of benzene rings is 2. The zero-order valence-electron chi connectivity index (χ0n) is 16.2. The van der Waals surface area contributed by atoms with Gasteiger partial charge in [-0.15, -0.1) is 0 Å². The lowest BCUT2D eigenvalue weighted by atomic mass is 10.1. The average molecular weight is 425 g/mol. The molecule has 1 unspecified atom stereocenters. The Bertz CT molecular complexity index is 1050. The molecule has 1 fully saturated rings. The number of rotatable bonds is 4. The van der Waals surface area contributed by atoms with Crippen molar-refractivity contribution < 1.29 is 14.7 Å². The Morgan fingerprint density at radius 1 is 1.13 bits per heavy atom. The number of nitrogens with one attached hydrogen (secondary N) is 1. The van der Waals surface area contributed by atoms with Crippen molar-refractivity contribution in [1.82, 2.24) is 20.0 Å². The highest BCUT2D eigenvalue weighted by molar-refractivity contribution is 6.30. The molecule has 8 heteroatoms. The van der Waals surface area contributed by atoms with Gasteiger partial charge in [-0.3, -0.25) is 14.7 Å². The lowest BCUT2D eigenvalue weighted by Crippen LogP contribution is -2.39. The normalized spacial score (nSPS) is 17.1. The van der Waals surface area contributed by atoms with E-state index in [1.807, 2.05) is 36.4 Å². The van der Waals surface area contributed by atoms with Crippen molar-refractivity contribution in [3.63, 3.8) is 0 Å². The number of carbonyl (C=O) groups is 2. The highest BCUT2D eigenvalue weighted by atomic mass is 35.5. The van der Waals surface area contributed by atoms with Crippen molar-refractivity contribution in [1.29, 1.82) is 0 Å². The van der Waals surface area contributed by atoms with E-state index < -0.39 is 6.10 Å². The standard InChI is InChI=1S/C22H21ClN4O3/c23-17-8-4-7-16(9-17)19-10-20(25-24-19)22(30)27-13-18(28)12-26(21(29)14-27)11-15-5-2-1-3-6-15/h1-10,18,28H,11-14H2,(H,24,25). The molecule has 2 N–H and O–H groups in total. The van der Waals surface area contributed by atoms with E-state index in [4.69, 9.17) is 11.6 Å². The number of aliphatic hydroxyl groups excluding tert-OH is 1. The van der Waals surface area contributed by atoms with E-state index in [1.165, 1.54) is 4.90 Å². The van der Waals surface area contributed by atoms with E-state index in [-0.39, 0.29) is 37.1 Å². The second-order valence-corrected chi connectivity index (χ2v) is 7.71. The lowest BCUT2D eigenvalue weighted by Gasteiger charge is -2.21. The van der Waals surface area contributed by atoms with Crippen LogP contribution in [-0.2, 0) is 11.3 Å². The van der Waals surface area contributed by atoms with Gasteiger partial charge in [0.1, 0.15) is 12.2 Å². The maximum absolute atomic E-state index is 13.0. The number of halogens is 1. The number of β-amino-alcohol motifs (C(OH)–C–C–N with tert-alkyl or cyclic N) is 1. The fourth-order valence-corrected chi connectivity index (χ4v) is 3.70. The average Bonchev–Trinajstić information content (AvgIpc) is 3.18. The summed E-state index contributed by atoms with van der Waals surface area (Å²) in [6, 6.07) is 18.4. The Morgan fingerprint density at radius 2 is 1.93 bits per heavy atom. The number of aromatic nitrogens is 2. The summed E-state index contributed by atoms with van der Waals surface area (Å²) in [5.74, 6) is -0.594. The van der Waals surface area contributed by atoms with E-state index >= 15 is 0 Å². The van der Waals surface area contributed by atoms with Crippen molar-refractivity contribution in [3.8, 4) is 11.3 Å². The van der Waals surface area contributed by atoms with Crippen molar-refractivity contribution in [3.05, 3.63) is 76.9 Å². The first-order valence-electron chi connectivity index (χ1n) is 9.60. The highest BCUT2D eigenvalue weighted by Crippen LogP contribution is 2.22. The second-order valence-electron chi connectivity index (χ2n) is 7.28. The largest absolute Gasteiger partial charge is 0.389 e. The molecule has 1 aliphatic rings. The molecule has 154 valence electrons. The minimum Gasteiger partial charge on any atom is -0.389 e. The zero-order valence-corrected chi connectivity index (χ0v) is 16.9. The third-order valence-corrected chi connectivity index (χ3v) is 5.21. The van der Waals surface area contributed by atoms with Crippen LogP contribution in [0.4, 0.5) is 0 Å². The topological polar surface area (TPSA) is 89.5 Å². The molecular weight excluding hydrogens is 404 g/mol. The van der Waals surface area contributed by atoms with Gasteiger partial charge in [0.25, 0.3) is 5.91 Å². The summed E-state index contributed by atoms with van der Waals surface area (Å²) in [6.07, 6.45) is -0.834. The number of hydrogen-bond acceptors (Lipinski definition) is 4. The van der Waals surface area contributed by atoms with Gasteiger partial charge in [0.2, 0.25) is 5.91 Å². The molecule has 2 amide bonds. The predicted octanol–water partition coefficient (Wildman–Crippen LogP) is 2.58. The summed E-state index contributed by atoms with van der Waals surface area (Å²) in [6.45, 7) is 0.533. The summed E-state index contributed by atoms with van der Waals surface area (Å²) in [5.41, 5.74) is 2.58. The van der Waals surface area contributed by atoms with Crippen LogP contribution in [0.25, 0.3) is 11.3 Å². The molecule has 0 aliphatic carbocycles. The maximum Gasteiger partial charge on any atom is 0.272 e. The van der Waals surface area contributed by atoms with Crippen LogP contribution < -0.4 is 0 Å². The molecule has 1 atom stereocenters. The molecule has 0 radical (unpaired) electrons. The molecule has 3 aromatic rings. The molecule has 1 aliphatic heterocycles. The van der Waals surface area contributed by atoms with E-state index in [9.17, 15) is 14.7 Å². The Hall–Kier alpha value is -3.16. The van der Waals surface area contributed by atoms with Gasteiger partial charge in [-0.2, -0.15) is 5.10 Å². The molecule has 4 rings (SSSR count). The molecule has 0 spiro atoms. The number of amides is 2. The minimum atomic E-state index is -0.834. The summed E-state index contributed by atoms with van der Waals surface area (Å²) in [7, 11) is 0. The van der Waals surface area contributed by atoms with E-state index in [2.05, 4.69) is 10.2 Å². The number of hydrogen-bond donors (Lipinski definition) is 2. The van der Waals surface area contributed by atoms with E-state index in [0.717, 1.165) is 11.1 Å². The van der Waals surface area contributed by atoms with Crippen molar-refractivity contribution in [2.75, 3.05) is 19.6 Å². The Labute approximate surface area is 178 Å². The fraction of sp³-hybridized carbons (Fsp3) is 0.227. The van der Waals surface area contributed by atoms with Crippen LogP contribution in [0.15, 0.2) is 60.7 Å². The van der Waals surface area contributed by atoms with Gasteiger partial charge >= 0.3 is 0 Å². The number of nitrogens with zero attached hydrogens (tertiary/aromatic N) is 3. The molecule has 0 bridgehead atoms. The zero-order chi connectivity index (χ0) is 21.1. The second kappa shape index (κ2) is 8.69. The molecule has 7 nitrogen and oxygen atoms in total. The Kier molecular flexibility index (Phi) is 5.83. The molecule has 2 aromatic carbocycles. The quantitative estimate of drug-likeness (QED) is 0.673. The van der Waals surface area contributed by atoms with Crippen LogP contribution >= 0.6 is 11.6 Å². The molecular formula is C22H21ClN4O3. The number of H-pyrrole nitrogens is 1. The van der Waals surface area contributed by atoms with Crippen LogP contribution in [0.2, 0.25) is 5.02 Å². The Balaban J connectivity index is 1.49. The van der Waals surface area contributed by atoms with Crippen LogP contribution in [0.3, 0.4) is 0 Å². The number of aromatic amines is 1. The third kappa shape index (κ3) is 4.53. The number of carbonyl (C=O) groups excluding carboxylic acids is 2. The maximum atomic E-state index is 13.0. The SMILES string of the molecule is O=C1CN(C(=O)c2cc(-c3cccc(Cl)c3)n[nH]2)CC(O)CN1Cc1ccccc1. The van der Waals surface area contributed by atoms with Gasteiger partial charge in [-0.25, -0.2) is 0 Å². The molecule has 30 heavy (non-hydrogen) atoms. The van der Waals surface area contributed by atoms with E-state index in [0.29, 0.717) is 17.3 Å². The smallest absolute Gasteiger partial charge is 0.272 e. The van der Waals surface area contributed by atoms with Gasteiger partial charge in [0.05, 0.1) is 11.8 Å². The molecule has 1 aromatic heterocycles. The first kappa shape index (κ1) is 20.1. The van der Waals surface area contributed by atoms with Gasteiger partial charge in [0, 0.05) is 30.2 Å². The fourth-order valence-electron chi connectivity index (χ4n) is 3.50. The Morgan fingerprint density at radius 3 is 2.70 bits per heavy atom. The van der Waals surface area contributed by atoms with Gasteiger partial charge in [0.15, 0.2) is 0 Å². The van der Waals surface area contributed by atoms with Crippen molar-refractivity contribution in [2.24, 2.45) is 0 Å². The van der Waals surface area contributed by atoms with Crippen LogP contribution in [0.5, 0.6) is 0 Å². The molecule has 1 saturated heterocycles. The lowest BCUT2D eigenvalue weighted by molar-refractivity contribution is -0.131. The van der Waals surface area contributed by atoms with Crippen LogP contribution in [0.1, 0.15) is 16.1 Å². The highest BCUT2D eigenvalue weighted by Gasteiger charge is 2.30. The van der Waals surface area contributed by atoms with Crippen LogP contribution in [0, 0.1) is 0 Å². The van der Waals surface area contributed by atoms with Crippen LogP contribution in [-0.4, -0.2) is 62.7 Å². The summed E-state index contributed by atoms with van der Waals surface area (Å²) in [4.78, 5) is 28.7. The molecule has 2 heterocycles. The number of aliphatic hydroxyl groups is 1. The third-order valence-electron chi connectivity index (χ3n) is 4.97. The summed E-state index contributed by atoms with van der Waals surface area (Å²) < 4.78 is 0. The van der Waals surface area contributed by atoms with Crippen molar-refractivity contribution >= 4 is 23.4 Å². The summed E-state index contributed by atoms with van der Waals surface area (Å²) in [5, 5.41) is 17.9. The minimum absolute atomic E-state index is 0.0708. The van der Waals surface area contributed by atoms with Gasteiger partial charge in [-0.1, -0.05) is 54.1 Å². The first-order valence-corrected chi connectivity index (χ1v) is 9.98. The van der Waals surface area contributed by atoms with Crippen molar-refractivity contribution in [2.45, 2.75) is 12.6 Å². The predicted molar refractivity (Wildman–Crippen MR) is 113 cm³/mol. The van der Waals surface area contributed by atoms with E-state index in [1.54, 1.807) is 29.2 Å². The van der Waals surface area contributed by atoms with Gasteiger partial charge in [-0.05, 0) is 23.8 Å². The summed E-state index contributed by atoms with van der Waals surface area (Å²) >= 11 is 6.02.